The molecular weight excluding hydrogens is 223 g/mol. The van der Waals surface area contributed by atoms with Crippen LogP contribution in [0.2, 0.25) is 0 Å². The summed E-state index contributed by atoms with van der Waals surface area (Å²) in [4.78, 5) is 0. The molecule has 0 heterocycles. The molecule has 0 aliphatic rings. The van der Waals surface area contributed by atoms with E-state index in [4.69, 9.17) is 5.26 Å². The summed E-state index contributed by atoms with van der Waals surface area (Å²) in [6, 6.07) is 6.50. The lowest BCUT2D eigenvalue weighted by atomic mass is 10.1. The monoisotopic (exact) mass is 238 g/mol. The lowest BCUT2D eigenvalue weighted by Gasteiger charge is -2.05. The third-order valence-electron chi connectivity index (χ3n) is 2.20. The van der Waals surface area contributed by atoms with Crippen molar-refractivity contribution in [3.05, 3.63) is 35.1 Å². The molecule has 0 amide bonds. The van der Waals surface area contributed by atoms with Gasteiger partial charge in [-0.2, -0.15) is 17.0 Å². The summed E-state index contributed by atoms with van der Waals surface area (Å²) < 4.78 is 13.4. The third-order valence-corrected chi connectivity index (χ3v) is 2.90. The van der Waals surface area contributed by atoms with E-state index in [1.54, 1.807) is 23.9 Å². The molecule has 4 heteroatoms. The lowest BCUT2D eigenvalue weighted by molar-refractivity contribution is 0.586. The van der Waals surface area contributed by atoms with E-state index >= 15 is 0 Å². The molecule has 0 radical (unpaired) electrons. The molecule has 0 fully saturated rings. The Morgan fingerprint density at radius 3 is 2.94 bits per heavy atom. The van der Waals surface area contributed by atoms with Crippen molar-refractivity contribution in [3.8, 4) is 6.07 Å². The van der Waals surface area contributed by atoms with Crippen LogP contribution < -0.4 is 5.32 Å². The summed E-state index contributed by atoms with van der Waals surface area (Å²) >= 11 is 1.81. The van der Waals surface area contributed by atoms with Gasteiger partial charge in [-0.3, -0.25) is 0 Å². The van der Waals surface area contributed by atoms with Crippen LogP contribution in [0.25, 0.3) is 0 Å². The quantitative estimate of drug-likeness (QED) is 0.774. The number of benzene rings is 1. The van der Waals surface area contributed by atoms with Gasteiger partial charge in [-0.25, -0.2) is 4.39 Å². The summed E-state index contributed by atoms with van der Waals surface area (Å²) in [5, 5.41) is 11.8. The first kappa shape index (κ1) is 13.0. The van der Waals surface area contributed by atoms with Gasteiger partial charge in [0.25, 0.3) is 0 Å². The molecule has 1 rings (SSSR count). The number of halogens is 1. The summed E-state index contributed by atoms with van der Waals surface area (Å²) in [6.45, 7) is 1.41. The lowest BCUT2D eigenvalue weighted by Crippen LogP contribution is -2.16. The minimum Gasteiger partial charge on any atom is -0.313 e. The average Bonchev–Trinajstić information content (AvgIpc) is 2.30. The Balaban J connectivity index is 2.40. The van der Waals surface area contributed by atoms with Crippen LogP contribution >= 0.6 is 11.8 Å². The van der Waals surface area contributed by atoms with E-state index in [0.29, 0.717) is 17.7 Å². The molecule has 0 spiro atoms. The van der Waals surface area contributed by atoms with Crippen molar-refractivity contribution in [2.24, 2.45) is 0 Å². The van der Waals surface area contributed by atoms with Crippen molar-refractivity contribution >= 4 is 11.8 Å². The molecule has 0 unspecified atom stereocenters. The van der Waals surface area contributed by atoms with Gasteiger partial charge >= 0.3 is 0 Å². The third kappa shape index (κ3) is 4.21. The van der Waals surface area contributed by atoms with Gasteiger partial charge in [-0.15, -0.1) is 0 Å². The molecule has 1 aromatic carbocycles. The van der Waals surface area contributed by atoms with E-state index in [-0.39, 0.29) is 5.82 Å². The molecule has 0 aliphatic heterocycles. The maximum absolute atomic E-state index is 13.4. The van der Waals surface area contributed by atoms with Gasteiger partial charge in [0.2, 0.25) is 0 Å². The van der Waals surface area contributed by atoms with E-state index in [1.807, 2.05) is 6.07 Å². The first-order chi connectivity index (χ1) is 7.77. The van der Waals surface area contributed by atoms with Crippen LogP contribution in [0, 0.1) is 17.1 Å². The average molecular weight is 238 g/mol. The largest absolute Gasteiger partial charge is 0.313 e. The summed E-state index contributed by atoms with van der Waals surface area (Å²) in [5.74, 6) is 0.805. The minimum absolute atomic E-state index is 0.309. The van der Waals surface area contributed by atoms with Gasteiger partial charge in [0.1, 0.15) is 5.82 Å². The molecular formula is C12H15FN2S. The zero-order chi connectivity index (χ0) is 11.8. The number of thioether (sulfide) groups is 1. The van der Waals surface area contributed by atoms with Gasteiger partial charge in [0.15, 0.2) is 0 Å². The van der Waals surface area contributed by atoms with Crippen LogP contribution in [0.1, 0.15) is 17.5 Å². The fourth-order valence-corrected chi connectivity index (χ4v) is 1.76. The van der Waals surface area contributed by atoms with E-state index in [2.05, 4.69) is 11.6 Å². The number of nitriles is 1. The predicted octanol–water partition coefficient (Wildman–Crippen LogP) is 2.54. The molecule has 0 aromatic heterocycles. The number of hydrogen-bond acceptors (Lipinski definition) is 3. The van der Waals surface area contributed by atoms with E-state index in [0.717, 1.165) is 18.7 Å². The zero-order valence-electron chi connectivity index (χ0n) is 9.29. The maximum Gasteiger partial charge on any atom is 0.129 e. The highest BCUT2D eigenvalue weighted by molar-refractivity contribution is 7.98. The van der Waals surface area contributed by atoms with E-state index in [1.165, 1.54) is 6.07 Å². The molecule has 1 N–H and O–H groups in total. The highest BCUT2D eigenvalue weighted by Crippen LogP contribution is 2.09. The second kappa shape index (κ2) is 7.26. The van der Waals surface area contributed by atoms with Crippen LogP contribution in [-0.2, 0) is 6.54 Å². The molecule has 2 nitrogen and oxygen atoms in total. The molecule has 0 bridgehead atoms. The number of hydrogen-bond donors (Lipinski definition) is 1. The zero-order valence-corrected chi connectivity index (χ0v) is 10.1. The van der Waals surface area contributed by atoms with Gasteiger partial charge in [-0.05, 0) is 37.1 Å². The normalized spacial score (nSPS) is 10.1. The Labute approximate surface area is 99.9 Å². The Bertz CT molecular complexity index is 374. The molecule has 16 heavy (non-hydrogen) atoms. The number of rotatable bonds is 6. The highest BCUT2D eigenvalue weighted by atomic mass is 32.2. The second-order valence-corrected chi connectivity index (χ2v) is 4.43. The smallest absolute Gasteiger partial charge is 0.129 e. The molecule has 0 saturated carbocycles. The topological polar surface area (TPSA) is 35.8 Å². The van der Waals surface area contributed by atoms with Crippen LogP contribution in [-0.4, -0.2) is 18.6 Å². The van der Waals surface area contributed by atoms with Gasteiger partial charge < -0.3 is 5.32 Å². The Kier molecular flexibility index (Phi) is 5.91. The van der Waals surface area contributed by atoms with Crippen molar-refractivity contribution < 1.29 is 4.39 Å². The van der Waals surface area contributed by atoms with Crippen LogP contribution in [0.15, 0.2) is 18.2 Å². The summed E-state index contributed by atoms with van der Waals surface area (Å²) in [6.07, 6.45) is 3.15. The summed E-state index contributed by atoms with van der Waals surface area (Å²) in [7, 11) is 0. The van der Waals surface area contributed by atoms with Gasteiger partial charge in [-0.1, -0.05) is 6.07 Å². The SMILES string of the molecule is CSCCCNCc1ccc(C#N)cc1F. The van der Waals surface area contributed by atoms with Gasteiger partial charge in [0, 0.05) is 12.1 Å². The minimum atomic E-state index is -0.309. The van der Waals surface area contributed by atoms with Crippen LogP contribution in [0.4, 0.5) is 4.39 Å². The Morgan fingerprint density at radius 1 is 1.50 bits per heavy atom. The van der Waals surface area contributed by atoms with E-state index < -0.39 is 0 Å². The molecule has 0 saturated heterocycles. The van der Waals surface area contributed by atoms with Crippen molar-refractivity contribution in [3.63, 3.8) is 0 Å². The molecule has 86 valence electrons. The highest BCUT2D eigenvalue weighted by Gasteiger charge is 2.02. The van der Waals surface area contributed by atoms with Crippen LogP contribution in [0.3, 0.4) is 0 Å². The molecule has 0 atom stereocenters. The number of nitrogens with one attached hydrogen (secondary N) is 1. The first-order valence-corrected chi connectivity index (χ1v) is 6.55. The molecule has 0 aliphatic carbocycles. The summed E-state index contributed by atoms with van der Waals surface area (Å²) in [5.41, 5.74) is 0.979. The van der Waals surface area contributed by atoms with Gasteiger partial charge in [0.05, 0.1) is 11.6 Å². The maximum atomic E-state index is 13.4. The van der Waals surface area contributed by atoms with E-state index in [9.17, 15) is 4.39 Å². The fourth-order valence-electron chi connectivity index (χ4n) is 1.32. The first-order valence-electron chi connectivity index (χ1n) is 5.16. The number of nitrogens with zero attached hydrogens (tertiary/aromatic N) is 1. The Hall–Kier alpha value is -1.05. The van der Waals surface area contributed by atoms with Crippen molar-refractivity contribution in [1.29, 1.82) is 5.26 Å². The van der Waals surface area contributed by atoms with Crippen molar-refractivity contribution in [1.82, 2.24) is 5.32 Å². The second-order valence-electron chi connectivity index (χ2n) is 3.44. The molecule has 1 aromatic rings. The fraction of sp³-hybridized carbons (Fsp3) is 0.417. The van der Waals surface area contributed by atoms with Crippen molar-refractivity contribution in [2.75, 3.05) is 18.6 Å². The predicted molar refractivity (Wildman–Crippen MR) is 65.8 cm³/mol. The standard InChI is InChI=1S/C12H15FN2S/c1-16-6-2-5-15-9-11-4-3-10(8-14)7-12(11)13/h3-4,7,15H,2,5-6,9H2,1H3. The van der Waals surface area contributed by atoms with Crippen molar-refractivity contribution in [2.45, 2.75) is 13.0 Å². The van der Waals surface area contributed by atoms with Crippen LogP contribution in [0.5, 0.6) is 0 Å². The Morgan fingerprint density at radius 2 is 2.31 bits per heavy atom.